The Labute approximate surface area is 322 Å². The van der Waals surface area contributed by atoms with Gasteiger partial charge in [-0.2, -0.15) is 9.78 Å². The number of nitrogens with two attached hydrogens (primary N) is 1. The summed E-state index contributed by atoms with van der Waals surface area (Å²) in [5.74, 6) is -0.495. The van der Waals surface area contributed by atoms with Gasteiger partial charge in [-0.05, 0) is 106 Å². The summed E-state index contributed by atoms with van der Waals surface area (Å²) < 4.78 is 12.6. The first kappa shape index (κ1) is 39.2. The van der Waals surface area contributed by atoms with Crippen molar-refractivity contribution in [3.63, 3.8) is 0 Å². The molecule has 1 saturated heterocycles. The summed E-state index contributed by atoms with van der Waals surface area (Å²) in [6.07, 6.45) is 8.07. The molecule has 0 aromatic heterocycles. The second-order valence-corrected chi connectivity index (χ2v) is 17.3. The first-order valence-corrected chi connectivity index (χ1v) is 20.0. The van der Waals surface area contributed by atoms with Crippen LogP contribution in [0.15, 0.2) is 48.5 Å². The zero-order valence-electron chi connectivity index (χ0n) is 32.0. The van der Waals surface area contributed by atoms with E-state index in [4.69, 9.17) is 34.9 Å². The van der Waals surface area contributed by atoms with Crippen molar-refractivity contribution in [2.75, 3.05) is 26.2 Å². The molecule has 2 aromatic carbocycles. The Morgan fingerprint density at radius 2 is 1.56 bits per heavy atom. The lowest BCUT2D eigenvalue weighted by Gasteiger charge is -2.61. The van der Waals surface area contributed by atoms with Crippen LogP contribution in [0.2, 0.25) is 0 Å². The van der Waals surface area contributed by atoms with Gasteiger partial charge >= 0.3 is 6.09 Å². The molecule has 13 nitrogen and oxygen atoms in total. The first-order chi connectivity index (χ1) is 26.4. The topological polar surface area (TPSA) is 188 Å². The number of fused-ring (bicyclic) bond motifs is 3. The molecule has 6 aliphatic carbocycles. The quantitative estimate of drug-likeness (QED) is 0.113. The van der Waals surface area contributed by atoms with Gasteiger partial charge < -0.3 is 36.3 Å². The van der Waals surface area contributed by atoms with Crippen LogP contribution >= 0.6 is 0 Å². The maximum absolute atomic E-state index is 13.4. The van der Waals surface area contributed by atoms with Crippen molar-refractivity contribution in [1.29, 1.82) is 0 Å². The number of benzene rings is 2. The maximum atomic E-state index is 13.4. The van der Waals surface area contributed by atoms with Crippen molar-refractivity contribution in [2.24, 2.45) is 34.8 Å². The van der Waals surface area contributed by atoms with Gasteiger partial charge in [-0.1, -0.05) is 48.5 Å². The summed E-state index contributed by atoms with van der Waals surface area (Å²) in [6, 6.07) is 16.5. The number of carboxylic acid groups (broad SMARTS) is 1. The summed E-state index contributed by atoms with van der Waals surface area (Å²) in [4.78, 5) is 60.1. The fraction of sp³-hybridized carbons (Fsp3) is 0.619. The fourth-order valence-corrected chi connectivity index (χ4v) is 10.6. The molecule has 1 aliphatic heterocycles. The van der Waals surface area contributed by atoms with Crippen LogP contribution in [0.5, 0.6) is 0 Å². The van der Waals surface area contributed by atoms with E-state index in [2.05, 4.69) is 40.2 Å². The van der Waals surface area contributed by atoms with E-state index in [0.717, 1.165) is 62.5 Å². The Balaban J connectivity index is 0.00000150. The molecule has 3 amide bonds. The van der Waals surface area contributed by atoms with Crippen molar-refractivity contribution in [3.8, 4) is 11.1 Å². The Bertz CT molecular complexity index is 1680. The molecule has 2 spiro atoms. The van der Waals surface area contributed by atoms with Crippen LogP contribution in [-0.2, 0) is 33.6 Å². The molecule has 298 valence electrons. The number of ether oxygens (including phenoxy) is 2. The Hall–Kier alpha value is -4.04. The minimum Gasteiger partial charge on any atom is -0.483 e. The smallest absolute Gasteiger partial charge is 0.407 e. The highest BCUT2D eigenvalue weighted by atomic mass is 17.3. The van der Waals surface area contributed by atoms with Crippen LogP contribution in [0.3, 0.4) is 0 Å². The number of rotatable bonds is 11. The predicted molar refractivity (Wildman–Crippen MR) is 202 cm³/mol. The molecule has 2 unspecified atom stereocenters. The van der Waals surface area contributed by atoms with Crippen molar-refractivity contribution in [3.05, 3.63) is 59.7 Å². The summed E-state index contributed by atoms with van der Waals surface area (Å²) in [7, 11) is 0. The number of hydrogen-bond donors (Lipinski definition) is 5. The summed E-state index contributed by atoms with van der Waals surface area (Å²) in [5, 5.41) is 16.0. The van der Waals surface area contributed by atoms with Gasteiger partial charge in [0.25, 0.3) is 6.47 Å². The third kappa shape index (κ3) is 7.85. The zero-order chi connectivity index (χ0) is 38.8. The van der Waals surface area contributed by atoms with E-state index in [0.29, 0.717) is 38.3 Å². The Morgan fingerprint density at radius 3 is 2.18 bits per heavy atom. The van der Waals surface area contributed by atoms with E-state index in [1.165, 1.54) is 11.1 Å². The number of carbonyl (C=O) groups excluding carboxylic acids is 3. The third-order valence-electron chi connectivity index (χ3n) is 13.0. The van der Waals surface area contributed by atoms with E-state index < -0.39 is 23.2 Å². The van der Waals surface area contributed by atoms with Crippen LogP contribution < -0.4 is 21.7 Å². The molecule has 4 bridgehead atoms. The lowest BCUT2D eigenvalue weighted by molar-refractivity contribution is -0.393. The van der Waals surface area contributed by atoms with Crippen LogP contribution in [0.4, 0.5) is 4.79 Å². The molecule has 0 radical (unpaired) electrons. The fourth-order valence-electron chi connectivity index (χ4n) is 10.6. The minimum atomic E-state index is -0.798. The molecular weight excluding hydrogens is 704 g/mol. The van der Waals surface area contributed by atoms with E-state index in [9.17, 15) is 14.4 Å². The van der Waals surface area contributed by atoms with E-state index in [-0.39, 0.29) is 60.5 Å². The first-order valence-electron chi connectivity index (χ1n) is 20.0. The number of nitrogens with one attached hydrogen (secondary N) is 3. The van der Waals surface area contributed by atoms with E-state index in [1.807, 2.05) is 38.1 Å². The second kappa shape index (κ2) is 15.8. The predicted octanol–water partition coefficient (Wildman–Crippen LogP) is 5.36. The Kier molecular flexibility index (Phi) is 11.3. The number of hydrogen-bond acceptors (Lipinski definition) is 9. The van der Waals surface area contributed by atoms with Crippen molar-refractivity contribution in [2.45, 2.75) is 108 Å². The van der Waals surface area contributed by atoms with Crippen molar-refractivity contribution >= 4 is 24.4 Å². The standard InChI is InChI=1S/C41H54N4O7.CH2O2/c1-38(2,45-37(48)49-24-34-32-10-5-3-8-30(32)31-9-4-6-11-33(31)34)25-44-35(46)20-26-12-14-40(15-13-26)50-41(52-51-40)28-18-27-19-29(41)23-39(21-27,22-28)36(47)43-17-7-16-42;2-1-3/h3-6,8-11,26-29,34H,7,12-25,42H2,1-2H3,(H,43,47)(H,44,46)(H,45,48);1H,(H,2,3). The average Bonchev–Trinajstić information content (AvgIpc) is 3.70. The van der Waals surface area contributed by atoms with Gasteiger partial charge in [0.1, 0.15) is 6.61 Å². The highest BCUT2D eigenvalue weighted by Crippen LogP contribution is 2.67. The monoisotopic (exact) mass is 760 g/mol. The molecule has 6 fully saturated rings. The van der Waals surface area contributed by atoms with Crippen molar-refractivity contribution < 1.29 is 43.5 Å². The van der Waals surface area contributed by atoms with Gasteiger partial charge in [-0.15, -0.1) is 0 Å². The lowest BCUT2D eigenvalue weighted by atomic mass is 9.47. The van der Waals surface area contributed by atoms with E-state index >= 15 is 0 Å². The number of amides is 3. The van der Waals surface area contributed by atoms with Crippen LogP contribution in [0.1, 0.15) is 102 Å². The molecule has 13 heteroatoms. The number of carbonyl (C=O) groups is 4. The molecule has 5 saturated carbocycles. The largest absolute Gasteiger partial charge is 0.483 e. The van der Waals surface area contributed by atoms with Crippen LogP contribution in [-0.4, -0.2) is 72.8 Å². The molecule has 6 N–H and O–H groups in total. The average molecular weight is 761 g/mol. The summed E-state index contributed by atoms with van der Waals surface area (Å²) in [5.41, 5.74) is 9.30. The lowest BCUT2D eigenvalue weighted by Crippen LogP contribution is -2.65. The summed E-state index contributed by atoms with van der Waals surface area (Å²) >= 11 is 0. The second-order valence-electron chi connectivity index (χ2n) is 17.3. The van der Waals surface area contributed by atoms with E-state index in [1.54, 1.807) is 0 Å². The van der Waals surface area contributed by atoms with Gasteiger partial charge in [-0.3, -0.25) is 14.4 Å². The molecule has 7 aliphatic rings. The highest BCUT2D eigenvalue weighted by molar-refractivity contribution is 5.83. The Morgan fingerprint density at radius 1 is 0.945 bits per heavy atom. The molecule has 9 rings (SSSR count). The van der Waals surface area contributed by atoms with Gasteiger partial charge in [0.2, 0.25) is 23.4 Å². The maximum Gasteiger partial charge on any atom is 0.407 e. The van der Waals surface area contributed by atoms with Gasteiger partial charge in [0.05, 0.1) is 11.0 Å². The molecule has 2 atom stereocenters. The molecular formula is C42H56N4O9. The molecule has 55 heavy (non-hydrogen) atoms. The minimum absolute atomic E-state index is 0.0162. The number of alkyl carbamates (subject to hydrolysis) is 1. The third-order valence-corrected chi connectivity index (χ3v) is 13.0. The zero-order valence-corrected chi connectivity index (χ0v) is 32.0. The SMILES string of the molecule is CC(C)(CNC(=O)CC1CCC2(CC1)OOC1(O2)C2CC3CC1CC(C(=O)NCCCN)(C3)C2)NC(=O)OCC1c2ccccc2-c2ccccc21.O=CO. The van der Waals surface area contributed by atoms with Gasteiger partial charge in [0, 0.05) is 50.1 Å². The van der Waals surface area contributed by atoms with Gasteiger partial charge in [0.15, 0.2) is 0 Å². The molecule has 2 aromatic rings. The van der Waals surface area contributed by atoms with Crippen molar-refractivity contribution in [1.82, 2.24) is 16.0 Å². The highest BCUT2D eigenvalue weighted by Gasteiger charge is 2.71. The van der Waals surface area contributed by atoms with Crippen LogP contribution in [0, 0.1) is 29.1 Å². The van der Waals surface area contributed by atoms with Crippen LogP contribution in [0.25, 0.3) is 11.1 Å². The normalized spacial score (nSPS) is 31.3. The van der Waals surface area contributed by atoms with Gasteiger partial charge in [-0.25, -0.2) is 4.79 Å². The summed E-state index contributed by atoms with van der Waals surface area (Å²) in [6.45, 7) is 5.22. The molecule has 1 heterocycles.